The SMILES string of the molecule is CC(C)[C@H](NC(C)(C)C)C(=O)N[C@@H](C)C(=O)Nc1ccc(COC(=O)C(C)(C)C)cc1. The first-order valence-electron chi connectivity index (χ1n) is 10.8. The van der Waals surface area contributed by atoms with Gasteiger partial charge in [0.25, 0.3) is 0 Å². The van der Waals surface area contributed by atoms with E-state index in [2.05, 4.69) is 16.0 Å². The summed E-state index contributed by atoms with van der Waals surface area (Å²) in [4.78, 5) is 37.1. The largest absolute Gasteiger partial charge is 0.460 e. The third-order valence-corrected chi connectivity index (χ3v) is 4.49. The quantitative estimate of drug-likeness (QED) is 0.544. The van der Waals surface area contributed by atoms with Crippen molar-refractivity contribution in [1.82, 2.24) is 10.6 Å². The van der Waals surface area contributed by atoms with Gasteiger partial charge in [-0.1, -0.05) is 26.0 Å². The van der Waals surface area contributed by atoms with Gasteiger partial charge in [-0.05, 0) is 72.1 Å². The van der Waals surface area contributed by atoms with Crippen LogP contribution in [0.5, 0.6) is 0 Å². The van der Waals surface area contributed by atoms with Crippen molar-refractivity contribution in [2.24, 2.45) is 11.3 Å². The predicted octanol–water partition coefficient (Wildman–Crippen LogP) is 3.63. The van der Waals surface area contributed by atoms with Gasteiger partial charge in [0.05, 0.1) is 11.5 Å². The zero-order chi connectivity index (χ0) is 24.0. The van der Waals surface area contributed by atoms with Crippen LogP contribution >= 0.6 is 0 Å². The molecule has 0 aliphatic rings. The molecular weight excluding hydrogens is 394 g/mol. The molecule has 0 bridgehead atoms. The lowest BCUT2D eigenvalue weighted by molar-refractivity contribution is -0.154. The Kier molecular flexibility index (Phi) is 9.24. The van der Waals surface area contributed by atoms with Crippen LogP contribution in [0, 0.1) is 11.3 Å². The van der Waals surface area contributed by atoms with Crippen molar-refractivity contribution in [2.75, 3.05) is 5.32 Å². The lowest BCUT2D eigenvalue weighted by atomic mass is 9.97. The number of anilines is 1. The van der Waals surface area contributed by atoms with E-state index in [0.29, 0.717) is 5.69 Å². The van der Waals surface area contributed by atoms with Gasteiger partial charge < -0.3 is 20.7 Å². The topological polar surface area (TPSA) is 96.5 Å². The molecule has 0 fully saturated rings. The molecule has 2 amide bonds. The molecular formula is C24H39N3O4. The van der Waals surface area contributed by atoms with Crippen LogP contribution < -0.4 is 16.0 Å². The van der Waals surface area contributed by atoms with Crippen molar-refractivity contribution < 1.29 is 19.1 Å². The maximum Gasteiger partial charge on any atom is 0.311 e. The Morgan fingerprint density at radius 3 is 1.90 bits per heavy atom. The van der Waals surface area contributed by atoms with Gasteiger partial charge in [-0.2, -0.15) is 0 Å². The molecule has 174 valence electrons. The molecule has 1 aromatic rings. The Hall–Kier alpha value is -2.41. The summed E-state index contributed by atoms with van der Waals surface area (Å²) in [6.45, 7) is 17.2. The fourth-order valence-electron chi connectivity index (χ4n) is 2.67. The minimum absolute atomic E-state index is 0.0782. The van der Waals surface area contributed by atoms with Gasteiger partial charge in [-0.25, -0.2) is 0 Å². The molecule has 3 N–H and O–H groups in total. The molecule has 1 rings (SSSR count). The molecule has 0 saturated carbocycles. The number of hydrogen-bond acceptors (Lipinski definition) is 5. The van der Waals surface area contributed by atoms with E-state index in [0.717, 1.165) is 5.56 Å². The Morgan fingerprint density at radius 1 is 0.903 bits per heavy atom. The number of nitrogens with one attached hydrogen (secondary N) is 3. The van der Waals surface area contributed by atoms with Gasteiger partial charge in [-0.15, -0.1) is 0 Å². The number of ether oxygens (including phenoxy) is 1. The molecule has 0 spiro atoms. The van der Waals surface area contributed by atoms with Crippen LogP contribution in [-0.2, 0) is 25.7 Å². The summed E-state index contributed by atoms with van der Waals surface area (Å²) in [7, 11) is 0. The molecule has 31 heavy (non-hydrogen) atoms. The second-order valence-corrected chi connectivity index (χ2v) is 10.4. The highest BCUT2D eigenvalue weighted by molar-refractivity contribution is 5.97. The molecule has 2 atom stereocenters. The van der Waals surface area contributed by atoms with E-state index in [-0.39, 0.29) is 35.8 Å². The second kappa shape index (κ2) is 10.8. The highest BCUT2D eigenvalue weighted by atomic mass is 16.5. The van der Waals surface area contributed by atoms with E-state index in [4.69, 9.17) is 4.74 Å². The molecule has 1 aromatic carbocycles. The smallest absolute Gasteiger partial charge is 0.311 e. The van der Waals surface area contributed by atoms with Gasteiger partial charge >= 0.3 is 5.97 Å². The fourth-order valence-corrected chi connectivity index (χ4v) is 2.67. The molecule has 0 radical (unpaired) electrons. The molecule has 0 aliphatic carbocycles. The lowest BCUT2D eigenvalue weighted by Gasteiger charge is -2.31. The molecule has 0 heterocycles. The Morgan fingerprint density at radius 2 is 1.45 bits per heavy atom. The van der Waals surface area contributed by atoms with Crippen molar-refractivity contribution in [2.45, 2.75) is 86.5 Å². The number of esters is 1. The number of hydrogen-bond donors (Lipinski definition) is 3. The van der Waals surface area contributed by atoms with Crippen molar-refractivity contribution in [3.8, 4) is 0 Å². The Labute approximate surface area is 186 Å². The first-order chi connectivity index (χ1) is 14.1. The first kappa shape index (κ1) is 26.6. The third kappa shape index (κ3) is 9.51. The second-order valence-electron chi connectivity index (χ2n) is 10.4. The Balaban J connectivity index is 2.64. The average molecular weight is 434 g/mol. The predicted molar refractivity (Wildman–Crippen MR) is 123 cm³/mol. The fraction of sp³-hybridized carbons (Fsp3) is 0.625. The summed E-state index contributed by atoms with van der Waals surface area (Å²) in [5.74, 6) is -0.702. The number of carbonyl (C=O) groups excluding carboxylic acids is 3. The molecule has 0 unspecified atom stereocenters. The zero-order valence-electron chi connectivity index (χ0n) is 20.4. The highest BCUT2D eigenvalue weighted by Crippen LogP contribution is 2.17. The molecule has 0 aliphatic heterocycles. The van der Waals surface area contributed by atoms with E-state index in [1.807, 2.05) is 34.6 Å². The van der Waals surface area contributed by atoms with Crippen LogP contribution in [-0.4, -0.2) is 35.4 Å². The summed E-state index contributed by atoms with van der Waals surface area (Å²) >= 11 is 0. The molecule has 0 aromatic heterocycles. The van der Waals surface area contributed by atoms with Gasteiger partial charge in [0.1, 0.15) is 12.6 Å². The number of rotatable bonds is 8. The standard InChI is InChI=1S/C24H39N3O4/c1-15(2)19(27-24(7,8)9)21(29)25-16(3)20(28)26-18-12-10-17(11-13-18)14-31-22(30)23(4,5)6/h10-13,15-16,19,27H,14H2,1-9H3,(H,25,29)(H,26,28)/t16-,19-/m0/s1. The van der Waals surface area contributed by atoms with Gasteiger partial charge in [-0.3, -0.25) is 14.4 Å². The van der Waals surface area contributed by atoms with Crippen LogP contribution in [0.2, 0.25) is 0 Å². The van der Waals surface area contributed by atoms with E-state index in [1.165, 1.54) is 0 Å². The number of benzene rings is 1. The van der Waals surface area contributed by atoms with Crippen molar-refractivity contribution in [3.05, 3.63) is 29.8 Å². The van der Waals surface area contributed by atoms with Crippen LogP contribution in [0.3, 0.4) is 0 Å². The zero-order valence-corrected chi connectivity index (χ0v) is 20.4. The summed E-state index contributed by atoms with van der Waals surface area (Å²) in [5.41, 5.74) is 0.654. The van der Waals surface area contributed by atoms with Gasteiger partial charge in [0, 0.05) is 11.2 Å². The normalized spacial score (nSPS) is 14.0. The first-order valence-corrected chi connectivity index (χ1v) is 10.8. The van der Waals surface area contributed by atoms with Gasteiger partial charge in [0.15, 0.2) is 0 Å². The van der Waals surface area contributed by atoms with Crippen LogP contribution in [0.15, 0.2) is 24.3 Å². The molecule has 7 nitrogen and oxygen atoms in total. The molecule has 7 heteroatoms. The van der Waals surface area contributed by atoms with Crippen molar-refractivity contribution in [3.63, 3.8) is 0 Å². The van der Waals surface area contributed by atoms with E-state index in [9.17, 15) is 14.4 Å². The minimum Gasteiger partial charge on any atom is -0.460 e. The maximum atomic E-state index is 12.7. The maximum absolute atomic E-state index is 12.7. The summed E-state index contributed by atoms with van der Waals surface area (Å²) in [5, 5.41) is 8.89. The van der Waals surface area contributed by atoms with E-state index < -0.39 is 17.5 Å². The van der Waals surface area contributed by atoms with Crippen LogP contribution in [0.25, 0.3) is 0 Å². The Bertz CT molecular complexity index is 759. The summed E-state index contributed by atoms with van der Waals surface area (Å²) in [6, 6.07) is 5.97. The van der Waals surface area contributed by atoms with Crippen molar-refractivity contribution in [1.29, 1.82) is 0 Å². The van der Waals surface area contributed by atoms with Crippen LogP contribution in [0.4, 0.5) is 5.69 Å². The van der Waals surface area contributed by atoms with Crippen molar-refractivity contribution >= 4 is 23.5 Å². The van der Waals surface area contributed by atoms with Crippen LogP contribution in [0.1, 0.15) is 67.9 Å². The molecule has 0 saturated heterocycles. The summed E-state index contributed by atoms with van der Waals surface area (Å²) in [6.07, 6.45) is 0. The average Bonchev–Trinajstić information content (AvgIpc) is 2.63. The number of amides is 2. The van der Waals surface area contributed by atoms with E-state index >= 15 is 0 Å². The number of carbonyl (C=O) groups is 3. The lowest BCUT2D eigenvalue weighted by Crippen LogP contribution is -2.56. The van der Waals surface area contributed by atoms with Gasteiger partial charge in [0.2, 0.25) is 11.8 Å². The van der Waals surface area contributed by atoms with E-state index in [1.54, 1.807) is 52.0 Å². The summed E-state index contributed by atoms with van der Waals surface area (Å²) < 4.78 is 5.29. The third-order valence-electron chi connectivity index (χ3n) is 4.49. The highest BCUT2D eigenvalue weighted by Gasteiger charge is 2.28. The minimum atomic E-state index is -0.692. The monoisotopic (exact) mass is 433 g/mol.